The zero-order valence-corrected chi connectivity index (χ0v) is 43.2. The van der Waals surface area contributed by atoms with E-state index in [0.717, 1.165) is 155 Å². The van der Waals surface area contributed by atoms with Crippen LogP contribution >= 0.6 is 0 Å². The van der Waals surface area contributed by atoms with Crippen LogP contribution < -0.4 is 21.3 Å². The van der Waals surface area contributed by atoms with Crippen molar-refractivity contribution in [2.45, 2.75) is 24.7 Å². The summed E-state index contributed by atoms with van der Waals surface area (Å²) < 4.78 is 0. The number of amidine groups is 4. The van der Waals surface area contributed by atoms with Crippen LogP contribution in [-0.4, -0.2) is 23.3 Å². The Bertz CT molecular complexity index is 4120. The van der Waals surface area contributed by atoms with Crippen LogP contribution in [0.1, 0.15) is 69.2 Å². The van der Waals surface area contributed by atoms with Gasteiger partial charge in [0.2, 0.25) is 0 Å². The van der Waals surface area contributed by atoms with Gasteiger partial charge in [0.15, 0.2) is 0 Å². The molecule has 0 saturated heterocycles. The number of nitrogens with zero attached hydrogens (tertiary/aromatic N) is 4. The highest BCUT2D eigenvalue weighted by molar-refractivity contribution is 6.21. The van der Waals surface area contributed by atoms with Gasteiger partial charge in [0, 0.05) is 66.8 Å². The summed E-state index contributed by atoms with van der Waals surface area (Å²) in [6, 6.07) is 87.1. The maximum Gasteiger partial charge on any atom is 0.148 e. The molecule has 4 atom stereocenters. The third-order valence-electron chi connectivity index (χ3n) is 16.8. The molecule has 0 saturated carbocycles. The molecule has 17 rings (SSSR count). The standard InChI is InChI=1S/C72H48N8/c1-5-21-41(22-6-1)57-49-33-17-13-29-45(49)37-53-61(57)69-73-65(53)78-70-63-55(39-47-31-15-19-35-51(47)59(63)43-25-9-3-10-26-43)67(75-70)80-72-64-56(40-48-32-16-20-36-52(48)60(64)44-27-11-4-12-28-44)68(76-72)79-71-62-54(66(74-71)77-69)38-46-30-14-18-34-50(46)58(62)42-23-7-2-8-24-42/h1-40,65-68H,(H,73,77)(H,75,78)(H,74,79)(H,76,80). The van der Waals surface area contributed by atoms with Crippen molar-refractivity contribution in [3.05, 3.63) is 287 Å². The zero-order valence-electron chi connectivity index (χ0n) is 43.2. The summed E-state index contributed by atoms with van der Waals surface area (Å²) >= 11 is 0. The smallest absolute Gasteiger partial charge is 0.148 e. The van der Waals surface area contributed by atoms with E-state index in [1.165, 1.54) is 0 Å². The SMILES string of the molecule is c1ccc(-c2c3c(cc4ccccc24)C2/N=C4\NC(/N=C5\NC(/N=C6\NC(/N=C/3N2)c2cc3ccccc3c(-c3ccccc3)c26)c2cc3ccccc3c(-c3ccccc3)c25)c2cc3ccccc3c(-c3ccccc3)c24)cc1. The lowest BCUT2D eigenvalue weighted by molar-refractivity contribution is 0.652. The van der Waals surface area contributed by atoms with E-state index in [1.807, 2.05) is 0 Å². The maximum atomic E-state index is 5.93. The summed E-state index contributed by atoms with van der Waals surface area (Å²) in [7, 11) is 0. The summed E-state index contributed by atoms with van der Waals surface area (Å²) in [4.78, 5) is 23.7. The fourth-order valence-electron chi connectivity index (χ4n) is 13.4. The molecule has 12 aromatic rings. The van der Waals surface area contributed by atoms with Crippen molar-refractivity contribution in [1.29, 1.82) is 0 Å². The second-order valence-corrected chi connectivity index (χ2v) is 21.3. The van der Waals surface area contributed by atoms with Crippen molar-refractivity contribution in [3.63, 3.8) is 0 Å². The van der Waals surface area contributed by atoms with E-state index >= 15 is 0 Å². The molecule has 0 radical (unpaired) electrons. The van der Waals surface area contributed by atoms with Crippen LogP contribution in [0, 0.1) is 0 Å². The highest BCUT2D eigenvalue weighted by Gasteiger charge is 2.41. The normalized spacial score (nSPS) is 20.8. The molecule has 5 aliphatic heterocycles. The summed E-state index contributed by atoms with van der Waals surface area (Å²) in [5, 5.41) is 25.1. The molecule has 0 aliphatic carbocycles. The largest absolute Gasteiger partial charge is 0.344 e. The Balaban J connectivity index is 1.01. The Morgan fingerprint density at radius 3 is 0.637 bits per heavy atom. The number of hydrogen-bond acceptors (Lipinski definition) is 8. The molecule has 8 bridgehead atoms. The Hall–Kier alpha value is -10.4. The van der Waals surface area contributed by atoms with Crippen LogP contribution in [0.3, 0.4) is 0 Å². The summed E-state index contributed by atoms with van der Waals surface area (Å²) in [5.74, 6) is 3.02. The van der Waals surface area contributed by atoms with Crippen LogP contribution in [0.15, 0.2) is 263 Å². The average molecular weight is 1030 g/mol. The molecule has 5 aliphatic rings. The van der Waals surface area contributed by atoms with Crippen LogP contribution in [0.4, 0.5) is 0 Å². The molecule has 0 spiro atoms. The Kier molecular flexibility index (Phi) is 9.79. The van der Waals surface area contributed by atoms with Crippen LogP contribution in [0.2, 0.25) is 0 Å². The van der Waals surface area contributed by atoms with E-state index in [4.69, 9.17) is 20.0 Å². The topological polar surface area (TPSA) is 97.6 Å². The summed E-state index contributed by atoms with van der Waals surface area (Å²) in [6.45, 7) is 0. The van der Waals surface area contributed by atoms with Gasteiger partial charge in [-0.3, -0.25) is 0 Å². The molecule has 376 valence electrons. The minimum atomic E-state index is -0.545. The second-order valence-electron chi connectivity index (χ2n) is 21.3. The van der Waals surface area contributed by atoms with Crippen molar-refractivity contribution >= 4 is 66.4 Å². The Morgan fingerprint density at radius 1 is 0.212 bits per heavy atom. The molecule has 4 N–H and O–H groups in total. The summed E-state index contributed by atoms with van der Waals surface area (Å²) in [5.41, 5.74) is 17.2. The molecule has 12 aromatic carbocycles. The quantitative estimate of drug-likeness (QED) is 0.141. The van der Waals surface area contributed by atoms with E-state index in [2.05, 4.69) is 264 Å². The van der Waals surface area contributed by atoms with Gasteiger partial charge in [0.1, 0.15) is 48.0 Å². The minimum Gasteiger partial charge on any atom is -0.344 e. The third-order valence-corrected chi connectivity index (χ3v) is 16.8. The molecular formula is C72H48N8. The first-order chi connectivity index (χ1) is 39.7. The van der Waals surface area contributed by atoms with E-state index < -0.39 is 24.7 Å². The lowest BCUT2D eigenvalue weighted by Crippen LogP contribution is -2.29. The first-order valence-electron chi connectivity index (χ1n) is 27.5. The fraction of sp³-hybridized carbons (Fsp3) is 0.0556. The monoisotopic (exact) mass is 1020 g/mol. The highest BCUT2D eigenvalue weighted by atomic mass is 15.3. The molecule has 4 unspecified atom stereocenters. The molecule has 0 amide bonds. The second kappa shape index (κ2) is 17.5. The number of nitrogens with one attached hydrogen (secondary N) is 4. The molecule has 0 fully saturated rings. The Morgan fingerprint density at radius 2 is 0.412 bits per heavy atom. The Labute approximate surface area is 461 Å². The molecule has 80 heavy (non-hydrogen) atoms. The number of benzene rings is 12. The zero-order chi connectivity index (χ0) is 52.4. The number of rotatable bonds is 4. The van der Waals surface area contributed by atoms with Gasteiger partial charge in [-0.1, -0.05) is 218 Å². The van der Waals surface area contributed by atoms with Gasteiger partial charge in [-0.25, -0.2) is 20.0 Å². The van der Waals surface area contributed by atoms with Gasteiger partial charge in [0.25, 0.3) is 0 Å². The lowest BCUT2D eigenvalue weighted by atomic mass is 9.89. The predicted octanol–water partition coefficient (Wildman–Crippen LogP) is 15.5. The molecule has 8 heteroatoms. The van der Waals surface area contributed by atoms with Crippen molar-refractivity contribution in [2.24, 2.45) is 20.0 Å². The van der Waals surface area contributed by atoms with Crippen molar-refractivity contribution < 1.29 is 0 Å². The molecular weight excluding hydrogens is 977 g/mol. The number of aliphatic imine (C=N–C) groups is 4. The van der Waals surface area contributed by atoms with E-state index in [0.29, 0.717) is 0 Å². The van der Waals surface area contributed by atoms with Gasteiger partial charge in [-0.15, -0.1) is 0 Å². The van der Waals surface area contributed by atoms with Crippen molar-refractivity contribution in [1.82, 2.24) is 21.3 Å². The number of fused-ring (bicyclic) bond motifs is 24. The van der Waals surface area contributed by atoms with Gasteiger partial charge < -0.3 is 21.3 Å². The van der Waals surface area contributed by atoms with Crippen molar-refractivity contribution in [3.8, 4) is 44.5 Å². The first kappa shape index (κ1) is 44.7. The molecule has 0 aromatic heterocycles. The lowest BCUT2D eigenvalue weighted by Gasteiger charge is -2.16. The molecule has 8 nitrogen and oxygen atoms in total. The minimum absolute atomic E-state index is 0.545. The van der Waals surface area contributed by atoms with E-state index in [-0.39, 0.29) is 0 Å². The maximum absolute atomic E-state index is 5.93. The molecule has 5 heterocycles. The fourth-order valence-corrected chi connectivity index (χ4v) is 13.4. The van der Waals surface area contributed by atoms with Crippen LogP contribution in [0.5, 0.6) is 0 Å². The highest BCUT2D eigenvalue weighted by Crippen LogP contribution is 2.48. The van der Waals surface area contributed by atoms with Crippen LogP contribution in [0.25, 0.3) is 87.6 Å². The third kappa shape index (κ3) is 6.82. The van der Waals surface area contributed by atoms with Gasteiger partial charge in [-0.2, -0.15) is 0 Å². The van der Waals surface area contributed by atoms with Gasteiger partial charge in [0.05, 0.1) is 0 Å². The predicted molar refractivity (Wildman–Crippen MR) is 327 cm³/mol. The van der Waals surface area contributed by atoms with E-state index in [9.17, 15) is 0 Å². The van der Waals surface area contributed by atoms with Crippen molar-refractivity contribution in [2.75, 3.05) is 0 Å². The average Bonchev–Trinajstić information content (AvgIpc) is 4.33. The van der Waals surface area contributed by atoms with Gasteiger partial charge in [-0.05, 0) is 89.6 Å². The number of hydrogen-bond donors (Lipinski definition) is 4. The van der Waals surface area contributed by atoms with E-state index in [1.54, 1.807) is 0 Å². The van der Waals surface area contributed by atoms with Gasteiger partial charge >= 0.3 is 0 Å². The summed E-state index contributed by atoms with van der Waals surface area (Å²) in [6.07, 6.45) is -2.18. The first-order valence-corrected chi connectivity index (χ1v) is 27.5. The van der Waals surface area contributed by atoms with Crippen LogP contribution in [-0.2, 0) is 0 Å².